The average molecular weight is 439 g/mol. The second kappa shape index (κ2) is 8.49. The lowest BCUT2D eigenvalue weighted by Gasteiger charge is -2.11. The fourth-order valence-corrected chi connectivity index (χ4v) is 3.95. The molecule has 1 N–H and O–H groups in total. The second-order valence-electron chi connectivity index (χ2n) is 6.75. The van der Waals surface area contributed by atoms with E-state index in [1.165, 1.54) is 0 Å². The number of aryl methyl sites for hydroxylation is 2. The van der Waals surface area contributed by atoms with Crippen LogP contribution in [-0.4, -0.2) is 24.6 Å². The zero-order valence-corrected chi connectivity index (χ0v) is 17.1. The first-order valence-corrected chi connectivity index (χ1v) is 10.4. The lowest BCUT2D eigenvalue weighted by Crippen LogP contribution is -2.23. The zero-order chi connectivity index (χ0) is 21.9. The molecule has 6 nitrogen and oxygen atoms in total. The Morgan fingerprint density at radius 3 is 2.30 bits per heavy atom. The summed E-state index contributed by atoms with van der Waals surface area (Å²) in [7, 11) is -3.90. The van der Waals surface area contributed by atoms with E-state index in [1.807, 2.05) is 42.8 Å². The molecule has 0 radical (unpaired) electrons. The van der Waals surface area contributed by atoms with Crippen LogP contribution in [-0.2, 0) is 23.1 Å². The highest BCUT2D eigenvalue weighted by molar-refractivity contribution is 7.89. The second-order valence-corrected chi connectivity index (χ2v) is 8.52. The zero-order valence-electron chi connectivity index (χ0n) is 16.3. The third-order valence-corrected chi connectivity index (χ3v) is 5.68. The largest absolute Gasteiger partial charge is 0.573 e. The highest BCUT2D eigenvalue weighted by Gasteiger charge is 2.31. The maximum absolute atomic E-state index is 12.4. The molecule has 0 unspecified atom stereocenters. The van der Waals surface area contributed by atoms with E-state index in [0.717, 1.165) is 46.8 Å². The first-order valence-electron chi connectivity index (χ1n) is 8.96. The number of ether oxygens (including phenoxy) is 1. The van der Waals surface area contributed by atoms with Crippen molar-refractivity contribution in [1.82, 2.24) is 14.5 Å². The Morgan fingerprint density at radius 1 is 1.03 bits per heavy atom. The minimum Gasteiger partial charge on any atom is -0.406 e. The monoisotopic (exact) mass is 439 g/mol. The molecule has 0 aliphatic carbocycles. The Balaban J connectivity index is 1.66. The highest BCUT2D eigenvalue weighted by atomic mass is 32.2. The number of hydrogen-bond acceptors (Lipinski definition) is 4. The number of nitrogens with zero attached hydrogens (tertiary/aromatic N) is 2. The predicted molar refractivity (Wildman–Crippen MR) is 104 cm³/mol. The van der Waals surface area contributed by atoms with Gasteiger partial charge in [0.2, 0.25) is 10.0 Å². The van der Waals surface area contributed by atoms with E-state index in [4.69, 9.17) is 0 Å². The molecular weight excluding hydrogens is 419 g/mol. The topological polar surface area (TPSA) is 73.2 Å². The number of hydrogen-bond donors (Lipinski definition) is 1. The lowest BCUT2D eigenvalue weighted by molar-refractivity contribution is -0.274. The quantitative estimate of drug-likeness (QED) is 0.606. The Kier molecular flexibility index (Phi) is 6.18. The van der Waals surface area contributed by atoms with Crippen molar-refractivity contribution in [1.29, 1.82) is 0 Å². The normalized spacial score (nSPS) is 12.2. The Morgan fingerprint density at radius 2 is 1.70 bits per heavy atom. The van der Waals surface area contributed by atoms with Crippen LogP contribution >= 0.6 is 0 Å². The fourth-order valence-electron chi connectivity index (χ4n) is 2.93. The van der Waals surface area contributed by atoms with Gasteiger partial charge in [-0.15, -0.1) is 13.2 Å². The Labute approximate surface area is 172 Å². The van der Waals surface area contributed by atoms with E-state index >= 15 is 0 Å². The summed E-state index contributed by atoms with van der Waals surface area (Å²) in [5.41, 5.74) is 3.65. The standard InChI is InChI=1S/C20H20F3N3O3S/c1-14-10-15(2)26(25-14)13-17-5-3-4-16(11-17)12-24-30(27,28)19-8-6-18(7-9-19)29-20(21,22)23/h3-11,24H,12-13H2,1-2H3. The molecule has 160 valence electrons. The molecular formula is C20H20F3N3O3S. The molecule has 0 amide bonds. The first-order chi connectivity index (χ1) is 14.0. The lowest BCUT2D eigenvalue weighted by atomic mass is 10.1. The SMILES string of the molecule is Cc1cc(C)n(Cc2cccc(CNS(=O)(=O)c3ccc(OC(F)(F)F)cc3)c2)n1. The number of aromatic nitrogens is 2. The minimum atomic E-state index is -4.84. The molecule has 30 heavy (non-hydrogen) atoms. The summed E-state index contributed by atoms with van der Waals surface area (Å²) in [6.45, 7) is 4.47. The van der Waals surface area contributed by atoms with Gasteiger partial charge >= 0.3 is 6.36 Å². The van der Waals surface area contributed by atoms with E-state index in [1.54, 1.807) is 6.07 Å². The van der Waals surface area contributed by atoms with Gasteiger partial charge in [-0.25, -0.2) is 13.1 Å². The van der Waals surface area contributed by atoms with Gasteiger partial charge in [-0.2, -0.15) is 5.10 Å². The highest BCUT2D eigenvalue weighted by Crippen LogP contribution is 2.24. The van der Waals surface area contributed by atoms with Crippen molar-refractivity contribution in [2.24, 2.45) is 0 Å². The van der Waals surface area contributed by atoms with Gasteiger partial charge < -0.3 is 4.74 Å². The van der Waals surface area contributed by atoms with Crippen molar-refractivity contribution < 1.29 is 26.3 Å². The fraction of sp³-hybridized carbons (Fsp3) is 0.250. The van der Waals surface area contributed by atoms with E-state index < -0.39 is 22.1 Å². The number of sulfonamides is 1. The average Bonchev–Trinajstić information content (AvgIpc) is 2.96. The summed E-state index contributed by atoms with van der Waals surface area (Å²) in [4.78, 5) is -0.157. The van der Waals surface area contributed by atoms with Gasteiger partial charge in [0.1, 0.15) is 5.75 Å². The summed E-state index contributed by atoms with van der Waals surface area (Å²) in [5, 5.41) is 4.41. The molecule has 0 spiro atoms. The predicted octanol–water partition coefficient (Wildman–Crippen LogP) is 3.93. The molecule has 0 saturated carbocycles. The van der Waals surface area contributed by atoms with Gasteiger partial charge in [0, 0.05) is 12.2 Å². The van der Waals surface area contributed by atoms with Crippen LogP contribution in [0.15, 0.2) is 59.5 Å². The van der Waals surface area contributed by atoms with Crippen LogP contribution in [0.1, 0.15) is 22.5 Å². The number of benzene rings is 2. The van der Waals surface area contributed by atoms with Gasteiger partial charge in [-0.3, -0.25) is 4.68 Å². The summed E-state index contributed by atoms with van der Waals surface area (Å²) in [6, 6.07) is 13.4. The smallest absolute Gasteiger partial charge is 0.406 e. The summed E-state index contributed by atoms with van der Waals surface area (Å²) in [5.74, 6) is -0.488. The maximum Gasteiger partial charge on any atom is 0.573 e. The molecule has 2 aromatic carbocycles. The van der Waals surface area contributed by atoms with Crippen LogP contribution < -0.4 is 9.46 Å². The van der Waals surface area contributed by atoms with Crippen molar-refractivity contribution in [3.63, 3.8) is 0 Å². The van der Waals surface area contributed by atoms with Gasteiger partial charge in [0.15, 0.2) is 0 Å². The molecule has 0 atom stereocenters. The van der Waals surface area contributed by atoms with Crippen LogP contribution in [0.5, 0.6) is 5.75 Å². The molecule has 1 heterocycles. The van der Waals surface area contributed by atoms with Gasteiger partial charge in [0.25, 0.3) is 0 Å². The van der Waals surface area contributed by atoms with Crippen LogP contribution in [0.4, 0.5) is 13.2 Å². The molecule has 0 fully saturated rings. The van der Waals surface area contributed by atoms with E-state index in [-0.39, 0.29) is 11.4 Å². The number of nitrogens with one attached hydrogen (secondary N) is 1. The molecule has 3 rings (SSSR count). The van der Waals surface area contributed by atoms with Crippen LogP contribution in [0.3, 0.4) is 0 Å². The number of halogens is 3. The molecule has 0 saturated heterocycles. The van der Waals surface area contributed by atoms with Gasteiger partial charge in [-0.1, -0.05) is 24.3 Å². The third-order valence-electron chi connectivity index (χ3n) is 4.26. The molecule has 0 aliphatic heterocycles. The van der Waals surface area contributed by atoms with Crippen LogP contribution in [0.25, 0.3) is 0 Å². The van der Waals surface area contributed by atoms with E-state index in [2.05, 4.69) is 14.6 Å². The molecule has 0 bridgehead atoms. The molecule has 1 aromatic heterocycles. The van der Waals surface area contributed by atoms with Gasteiger partial charge in [-0.05, 0) is 55.3 Å². The number of rotatable bonds is 7. The summed E-state index contributed by atoms with van der Waals surface area (Å²) in [6.07, 6.45) is -4.84. The number of alkyl halides is 3. The van der Waals surface area contributed by atoms with Crippen molar-refractivity contribution in [2.45, 2.75) is 38.2 Å². The Bertz CT molecular complexity index is 1120. The van der Waals surface area contributed by atoms with E-state index in [9.17, 15) is 21.6 Å². The third kappa shape index (κ3) is 5.83. The first kappa shape index (κ1) is 21.8. The molecule has 10 heteroatoms. The van der Waals surface area contributed by atoms with Crippen molar-refractivity contribution in [3.8, 4) is 5.75 Å². The van der Waals surface area contributed by atoms with Crippen molar-refractivity contribution in [2.75, 3.05) is 0 Å². The van der Waals surface area contributed by atoms with Crippen LogP contribution in [0.2, 0.25) is 0 Å². The van der Waals surface area contributed by atoms with Crippen molar-refractivity contribution in [3.05, 3.63) is 77.1 Å². The van der Waals surface area contributed by atoms with Gasteiger partial charge in [0.05, 0.1) is 17.1 Å². The molecule has 3 aromatic rings. The van der Waals surface area contributed by atoms with E-state index in [0.29, 0.717) is 6.54 Å². The maximum atomic E-state index is 12.4. The van der Waals surface area contributed by atoms with Crippen LogP contribution in [0, 0.1) is 13.8 Å². The summed E-state index contributed by atoms with van der Waals surface area (Å²) < 4.78 is 69.6. The molecule has 0 aliphatic rings. The summed E-state index contributed by atoms with van der Waals surface area (Å²) >= 11 is 0. The minimum absolute atomic E-state index is 0.0358. The van der Waals surface area contributed by atoms with Crippen molar-refractivity contribution >= 4 is 10.0 Å². The Hall–Kier alpha value is -2.85.